The number of nitrogen functional groups attached to an aromatic ring is 1. The van der Waals surface area contributed by atoms with Crippen molar-refractivity contribution in [2.24, 2.45) is 0 Å². The van der Waals surface area contributed by atoms with Crippen LogP contribution in [-0.2, 0) is 4.74 Å². The molecule has 102 valence electrons. The van der Waals surface area contributed by atoms with Gasteiger partial charge in [0.25, 0.3) is 0 Å². The molecule has 1 spiro atoms. The van der Waals surface area contributed by atoms with E-state index >= 15 is 0 Å². The number of hydrogen-bond donors (Lipinski definition) is 2. The summed E-state index contributed by atoms with van der Waals surface area (Å²) in [6.45, 7) is 2.51. The number of benzene rings is 1. The minimum atomic E-state index is -0.272. The van der Waals surface area contributed by atoms with Gasteiger partial charge in [0.2, 0.25) is 0 Å². The Balaban J connectivity index is 1.78. The van der Waals surface area contributed by atoms with Crippen LogP contribution in [0.25, 0.3) is 0 Å². The van der Waals surface area contributed by atoms with Crippen molar-refractivity contribution in [2.45, 2.75) is 24.9 Å². The lowest BCUT2D eigenvalue weighted by molar-refractivity contribution is -0.0261. The predicted molar refractivity (Wildman–Crippen MR) is 74.1 cm³/mol. The first-order valence-corrected chi connectivity index (χ1v) is 6.76. The summed E-state index contributed by atoms with van der Waals surface area (Å²) in [5.74, 6) is 0. The standard InChI is InChI=1S/C14H19N3O2/c15-11-3-1-2-4-12(11)17-10-7-14(19-13(17)18)5-8-16-9-6-14/h1-4,16H,5-10,15H2. The van der Waals surface area contributed by atoms with Gasteiger partial charge in [0.1, 0.15) is 5.60 Å². The monoisotopic (exact) mass is 261 g/mol. The Morgan fingerprint density at radius 1 is 1.21 bits per heavy atom. The van der Waals surface area contributed by atoms with Crippen molar-refractivity contribution in [3.8, 4) is 0 Å². The summed E-state index contributed by atoms with van der Waals surface area (Å²) in [6, 6.07) is 7.41. The van der Waals surface area contributed by atoms with E-state index in [1.54, 1.807) is 11.0 Å². The zero-order chi connectivity index (χ0) is 13.3. The van der Waals surface area contributed by atoms with Crippen LogP contribution in [0.15, 0.2) is 24.3 Å². The molecule has 2 heterocycles. The number of hydrogen-bond acceptors (Lipinski definition) is 4. The molecule has 19 heavy (non-hydrogen) atoms. The third kappa shape index (κ3) is 2.26. The lowest BCUT2D eigenvalue weighted by atomic mass is 9.87. The van der Waals surface area contributed by atoms with E-state index in [2.05, 4.69) is 5.32 Å². The van der Waals surface area contributed by atoms with Crippen LogP contribution in [0.3, 0.4) is 0 Å². The highest BCUT2D eigenvalue weighted by molar-refractivity contribution is 5.92. The highest BCUT2D eigenvalue weighted by Crippen LogP contribution is 2.35. The highest BCUT2D eigenvalue weighted by Gasteiger charge is 2.42. The summed E-state index contributed by atoms with van der Waals surface area (Å²) >= 11 is 0. The van der Waals surface area contributed by atoms with Gasteiger partial charge >= 0.3 is 6.09 Å². The van der Waals surface area contributed by atoms with Gasteiger partial charge < -0.3 is 15.8 Å². The van der Waals surface area contributed by atoms with Crippen molar-refractivity contribution in [3.63, 3.8) is 0 Å². The Morgan fingerprint density at radius 3 is 2.63 bits per heavy atom. The number of para-hydroxylation sites is 2. The van der Waals surface area contributed by atoms with Crippen molar-refractivity contribution in [1.29, 1.82) is 0 Å². The SMILES string of the molecule is Nc1ccccc1N1CCC2(CCNCC2)OC1=O. The molecule has 3 rings (SSSR count). The van der Waals surface area contributed by atoms with Crippen LogP contribution in [0.4, 0.5) is 16.2 Å². The fraction of sp³-hybridized carbons (Fsp3) is 0.500. The number of amides is 1. The van der Waals surface area contributed by atoms with Gasteiger partial charge in [0.05, 0.1) is 11.4 Å². The zero-order valence-corrected chi connectivity index (χ0v) is 10.9. The molecule has 0 unspecified atom stereocenters. The highest BCUT2D eigenvalue weighted by atomic mass is 16.6. The maximum atomic E-state index is 12.2. The number of rotatable bonds is 1. The van der Waals surface area contributed by atoms with Crippen molar-refractivity contribution in [2.75, 3.05) is 30.3 Å². The molecule has 2 fully saturated rings. The Hall–Kier alpha value is -1.75. The first kappa shape index (κ1) is 12.3. The molecule has 0 bridgehead atoms. The number of nitrogens with one attached hydrogen (secondary N) is 1. The molecule has 2 aliphatic heterocycles. The molecule has 3 N–H and O–H groups in total. The van der Waals surface area contributed by atoms with Gasteiger partial charge in [-0.3, -0.25) is 4.90 Å². The number of nitrogens with two attached hydrogens (primary N) is 1. The molecule has 0 atom stereocenters. The fourth-order valence-electron chi connectivity index (χ4n) is 2.88. The molecule has 1 aromatic rings. The van der Waals surface area contributed by atoms with Gasteiger partial charge in [-0.15, -0.1) is 0 Å². The first-order chi connectivity index (χ1) is 9.20. The second-order valence-corrected chi connectivity index (χ2v) is 5.26. The van der Waals surface area contributed by atoms with Gasteiger partial charge in [0, 0.05) is 13.0 Å². The van der Waals surface area contributed by atoms with Crippen LogP contribution >= 0.6 is 0 Å². The molecule has 0 aliphatic carbocycles. The number of anilines is 2. The van der Waals surface area contributed by atoms with Crippen LogP contribution < -0.4 is 16.0 Å². The number of carbonyl (C=O) groups excluding carboxylic acids is 1. The molecule has 2 saturated heterocycles. The maximum Gasteiger partial charge on any atom is 0.414 e. The molecule has 2 aliphatic rings. The Bertz CT molecular complexity index is 483. The fourth-order valence-corrected chi connectivity index (χ4v) is 2.88. The summed E-state index contributed by atoms with van der Waals surface area (Å²) in [4.78, 5) is 13.9. The van der Waals surface area contributed by atoms with Crippen molar-refractivity contribution < 1.29 is 9.53 Å². The van der Waals surface area contributed by atoms with Gasteiger partial charge in [-0.2, -0.15) is 0 Å². The lowest BCUT2D eigenvalue weighted by Crippen LogP contribution is -2.54. The van der Waals surface area contributed by atoms with Crippen molar-refractivity contribution in [1.82, 2.24) is 5.32 Å². The average Bonchev–Trinajstić information content (AvgIpc) is 2.41. The van der Waals surface area contributed by atoms with E-state index in [0.29, 0.717) is 12.2 Å². The second kappa shape index (κ2) is 4.74. The van der Waals surface area contributed by atoms with Crippen LogP contribution in [0.1, 0.15) is 19.3 Å². The number of ether oxygens (including phenoxy) is 1. The Kier molecular flexibility index (Phi) is 3.06. The zero-order valence-electron chi connectivity index (χ0n) is 10.9. The van der Waals surface area contributed by atoms with E-state index < -0.39 is 0 Å². The first-order valence-electron chi connectivity index (χ1n) is 6.76. The average molecular weight is 261 g/mol. The van der Waals surface area contributed by atoms with Gasteiger partial charge in [-0.25, -0.2) is 4.79 Å². The summed E-state index contributed by atoms with van der Waals surface area (Å²) < 4.78 is 5.73. The molecule has 0 saturated carbocycles. The second-order valence-electron chi connectivity index (χ2n) is 5.26. The quantitative estimate of drug-likeness (QED) is 0.756. The number of piperidine rings is 1. The molecular formula is C14H19N3O2. The van der Waals surface area contributed by atoms with E-state index in [1.807, 2.05) is 18.2 Å². The minimum absolute atomic E-state index is 0.262. The van der Waals surface area contributed by atoms with E-state index in [1.165, 1.54) is 0 Å². The number of nitrogens with zero attached hydrogens (tertiary/aromatic N) is 1. The molecule has 5 heteroatoms. The largest absolute Gasteiger partial charge is 0.442 e. The Morgan fingerprint density at radius 2 is 1.95 bits per heavy atom. The third-order valence-corrected chi connectivity index (χ3v) is 4.06. The van der Waals surface area contributed by atoms with Crippen molar-refractivity contribution in [3.05, 3.63) is 24.3 Å². The molecule has 5 nitrogen and oxygen atoms in total. The molecular weight excluding hydrogens is 242 g/mol. The maximum absolute atomic E-state index is 12.2. The molecule has 0 aromatic heterocycles. The topological polar surface area (TPSA) is 67.6 Å². The molecule has 0 radical (unpaired) electrons. The van der Waals surface area contributed by atoms with Crippen LogP contribution in [0, 0.1) is 0 Å². The summed E-state index contributed by atoms with van der Waals surface area (Å²) in [5.41, 5.74) is 7.02. The lowest BCUT2D eigenvalue weighted by Gasteiger charge is -2.43. The van der Waals surface area contributed by atoms with Crippen LogP contribution in [0.5, 0.6) is 0 Å². The Labute approximate surface area is 112 Å². The van der Waals surface area contributed by atoms with Gasteiger partial charge in [-0.05, 0) is 38.1 Å². The smallest absolute Gasteiger partial charge is 0.414 e. The normalized spacial score (nSPS) is 22.3. The summed E-state index contributed by atoms with van der Waals surface area (Å²) in [7, 11) is 0. The third-order valence-electron chi connectivity index (χ3n) is 4.06. The predicted octanol–water partition coefficient (Wildman–Crippen LogP) is 1.74. The van der Waals surface area contributed by atoms with E-state index in [4.69, 9.17) is 10.5 Å². The summed E-state index contributed by atoms with van der Waals surface area (Å²) in [6.07, 6.45) is 2.40. The molecule has 1 amide bonds. The molecule has 1 aromatic carbocycles. The number of carbonyl (C=O) groups is 1. The van der Waals surface area contributed by atoms with Crippen LogP contribution in [-0.4, -0.2) is 31.3 Å². The minimum Gasteiger partial charge on any atom is -0.442 e. The van der Waals surface area contributed by atoms with Gasteiger partial charge in [-0.1, -0.05) is 12.1 Å². The van der Waals surface area contributed by atoms with Crippen LogP contribution in [0.2, 0.25) is 0 Å². The van der Waals surface area contributed by atoms with Gasteiger partial charge in [0.15, 0.2) is 0 Å². The van der Waals surface area contributed by atoms with E-state index in [-0.39, 0.29) is 11.7 Å². The van der Waals surface area contributed by atoms with E-state index in [9.17, 15) is 4.79 Å². The summed E-state index contributed by atoms with van der Waals surface area (Å²) in [5, 5.41) is 3.30. The van der Waals surface area contributed by atoms with E-state index in [0.717, 1.165) is 38.0 Å². The van der Waals surface area contributed by atoms with Crippen molar-refractivity contribution >= 4 is 17.5 Å².